The predicted molar refractivity (Wildman–Crippen MR) is 151 cm³/mol. The number of hydrogen-bond acceptors (Lipinski definition) is 4. The first kappa shape index (κ1) is 32.2. The molecule has 2 amide bonds. The lowest BCUT2D eigenvalue weighted by Gasteiger charge is -2.14. The molecule has 0 aliphatic carbocycles. The Kier molecular flexibility index (Phi) is 15.0. The topological polar surface area (TPSA) is 119 Å². The third kappa shape index (κ3) is 9.84. The Labute approximate surface area is 215 Å². The number of aliphatic hydroxyl groups is 1. The van der Waals surface area contributed by atoms with Crippen LogP contribution in [0.4, 0.5) is 0 Å². The number of fused-ring (bicyclic) bond motifs is 1. The normalized spacial score (nSPS) is 10.2. The highest BCUT2D eigenvalue weighted by Crippen LogP contribution is 2.31. The van der Waals surface area contributed by atoms with Crippen molar-refractivity contribution in [2.75, 3.05) is 0 Å². The van der Waals surface area contributed by atoms with Gasteiger partial charge in [0.05, 0.1) is 11.6 Å². The molecule has 0 aliphatic rings. The van der Waals surface area contributed by atoms with Crippen molar-refractivity contribution in [3.05, 3.63) is 94.7 Å². The Bertz CT molecular complexity index is 1160. The van der Waals surface area contributed by atoms with Crippen LogP contribution in [0.1, 0.15) is 81.7 Å². The van der Waals surface area contributed by atoms with E-state index < -0.39 is 5.91 Å². The van der Waals surface area contributed by atoms with E-state index in [0.717, 1.165) is 45.2 Å². The van der Waals surface area contributed by atoms with E-state index in [1.165, 1.54) is 5.56 Å². The van der Waals surface area contributed by atoms with Gasteiger partial charge in [-0.25, -0.2) is 4.98 Å². The zero-order valence-corrected chi connectivity index (χ0v) is 22.6. The highest BCUT2D eigenvalue weighted by atomic mass is 16.3. The van der Waals surface area contributed by atoms with Gasteiger partial charge < -0.3 is 16.6 Å². The summed E-state index contributed by atoms with van der Waals surface area (Å²) in [5.74, 6) is -0.521. The zero-order valence-electron chi connectivity index (χ0n) is 22.6. The number of nitrogens with two attached hydrogens (primary N) is 2. The first-order chi connectivity index (χ1) is 17.1. The predicted octanol–water partition coefficient (Wildman–Crippen LogP) is 6.13. The van der Waals surface area contributed by atoms with Gasteiger partial charge in [0, 0.05) is 5.39 Å². The molecule has 1 atom stereocenters. The molecule has 0 bridgehead atoms. The molecule has 0 saturated carbocycles. The molecule has 1 aromatic heterocycles. The van der Waals surface area contributed by atoms with Gasteiger partial charge in [-0.3, -0.25) is 9.59 Å². The quantitative estimate of drug-likeness (QED) is 0.293. The van der Waals surface area contributed by atoms with E-state index >= 15 is 0 Å². The largest absolute Gasteiger partial charge is 0.389 e. The Hall–Kier alpha value is -3.77. The summed E-state index contributed by atoms with van der Waals surface area (Å²) in [6, 6.07) is 17.5. The second-order valence-corrected chi connectivity index (χ2v) is 8.00. The number of pyridine rings is 1. The maximum Gasteiger partial charge on any atom is 0.267 e. The minimum Gasteiger partial charge on any atom is -0.389 e. The van der Waals surface area contributed by atoms with Crippen molar-refractivity contribution < 1.29 is 14.7 Å². The third-order valence-corrected chi connectivity index (χ3v) is 5.04. The van der Waals surface area contributed by atoms with Crippen LogP contribution in [-0.4, -0.2) is 22.4 Å². The van der Waals surface area contributed by atoms with Gasteiger partial charge in [-0.15, -0.1) is 0 Å². The fraction of sp³-hybridized carbons (Fsp3) is 0.300. The number of amides is 2. The number of hydrogen-bond donors (Lipinski definition) is 3. The lowest BCUT2D eigenvalue weighted by atomic mass is 9.92. The van der Waals surface area contributed by atoms with E-state index in [-0.39, 0.29) is 18.2 Å². The first-order valence-electron chi connectivity index (χ1n) is 12.0. The molecule has 0 radical (unpaired) electrons. The van der Waals surface area contributed by atoms with Crippen molar-refractivity contribution >= 4 is 28.8 Å². The molecule has 1 unspecified atom stereocenters. The van der Waals surface area contributed by atoms with Crippen molar-refractivity contribution in [2.45, 2.75) is 61.0 Å². The fourth-order valence-electron chi connectivity index (χ4n) is 3.47. The summed E-state index contributed by atoms with van der Waals surface area (Å²) in [5, 5.41) is 10.2. The van der Waals surface area contributed by atoms with E-state index in [0.29, 0.717) is 0 Å². The van der Waals surface area contributed by atoms with Crippen molar-refractivity contribution in [2.24, 2.45) is 11.5 Å². The number of aromatic nitrogens is 1. The highest BCUT2D eigenvalue weighted by Gasteiger charge is 2.14. The molecule has 0 spiro atoms. The Balaban J connectivity index is 0.000000645. The minimum atomic E-state index is -0.521. The van der Waals surface area contributed by atoms with Gasteiger partial charge in [-0.2, -0.15) is 0 Å². The van der Waals surface area contributed by atoms with E-state index in [2.05, 4.69) is 36.4 Å². The number of rotatable bonds is 5. The molecular weight excluding hydrogens is 450 g/mol. The van der Waals surface area contributed by atoms with Crippen LogP contribution in [0.15, 0.2) is 72.3 Å². The molecule has 3 aromatic rings. The zero-order chi connectivity index (χ0) is 27.8. The summed E-state index contributed by atoms with van der Waals surface area (Å²) in [4.78, 5) is 24.4. The molecule has 5 N–H and O–H groups in total. The Morgan fingerprint density at radius 3 is 2.03 bits per heavy atom. The van der Waals surface area contributed by atoms with Crippen LogP contribution in [0.3, 0.4) is 0 Å². The van der Waals surface area contributed by atoms with E-state index in [4.69, 9.17) is 10.5 Å². The van der Waals surface area contributed by atoms with Gasteiger partial charge in [-0.05, 0) is 68.5 Å². The molecule has 6 nitrogen and oxygen atoms in total. The van der Waals surface area contributed by atoms with E-state index in [9.17, 15) is 9.90 Å². The fourth-order valence-corrected chi connectivity index (χ4v) is 3.47. The van der Waals surface area contributed by atoms with Gasteiger partial charge >= 0.3 is 0 Å². The number of carbonyl (C=O) groups excluding carboxylic acids is 2. The van der Waals surface area contributed by atoms with Crippen LogP contribution < -0.4 is 11.5 Å². The lowest BCUT2D eigenvalue weighted by Crippen LogP contribution is -2.13. The molecule has 194 valence electrons. The number of benzene rings is 2. The van der Waals surface area contributed by atoms with Gasteiger partial charge in [0.25, 0.3) is 5.91 Å². The molecule has 36 heavy (non-hydrogen) atoms. The number of allylic oxidation sites excluding steroid dienone is 3. The summed E-state index contributed by atoms with van der Waals surface area (Å²) in [6.07, 6.45) is 0.959. The van der Waals surface area contributed by atoms with Gasteiger partial charge in [0.15, 0.2) is 0 Å². The van der Waals surface area contributed by atoms with Crippen LogP contribution in [0, 0.1) is 0 Å². The first-order valence-corrected chi connectivity index (χ1v) is 12.0. The number of aryl methyl sites for hydroxylation is 1. The Morgan fingerprint density at radius 1 is 1.08 bits per heavy atom. The molecule has 1 heterocycles. The summed E-state index contributed by atoms with van der Waals surface area (Å²) < 4.78 is 0. The molecule has 2 aromatic carbocycles. The van der Waals surface area contributed by atoms with Crippen molar-refractivity contribution in [1.82, 2.24) is 4.98 Å². The average Bonchev–Trinajstić information content (AvgIpc) is 2.85. The molecular formula is C30H41N3O3. The summed E-state index contributed by atoms with van der Waals surface area (Å²) in [5.41, 5.74) is 17.0. The number of para-hydroxylation sites is 1. The van der Waals surface area contributed by atoms with Gasteiger partial charge in [0.2, 0.25) is 6.41 Å². The van der Waals surface area contributed by atoms with Crippen molar-refractivity contribution in [3.8, 4) is 0 Å². The molecule has 0 saturated heterocycles. The minimum absolute atomic E-state index is 0.250. The third-order valence-electron chi connectivity index (χ3n) is 5.04. The number of nitrogens with zero attached hydrogens (tertiary/aromatic N) is 1. The highest BCUT2D eigenvalue weighted by molar-refractivity contribution is 6.01. The van der Waals surface area contributed by atoms with Gasteiger partial charge in [-0.1, -0.05) is 81.0 Å². The molecule has 3 rings (SSSR count). The monoisotopic (exact) mass is 491 g/mol. The lowest BCUT2D eigenvalue weighted by molar-refractivity contribution is -0.106. The maximum absolute atomic E-state index is 11.5. The standard InChI is InChI=1S/C17H18N2O.C10H14O.C2H6.CH3NO/c1-10(2)16(11(3)4)13-9-15(17(18)20)19-14-8-6-5-7-12(13)14;1-3-9-4-6-10(7-5-9)8(2)11;1-2;2-1-3/h5-9H,1H2,2-4H3,(H2,18,20);4-8,11H,3H2,1-2H3;1-2H3;1H,(H2,2,3). The molecule has 6 heteroatoms. The summed E-state index contributed by atoms with van der Waals surface area (Å²) in [7, 11) is 0. The summed E-state index contributed by atoms with van der Waals surface area (Å²) >= 11 is 0. The molecule has 0 fully saturated rings. The average molecular weight is 492 g/mol. The SMILES string of the molecule is C=C(C)C(=C(C)C)c1cc(C(N)=O)nc2ccccc12.CC.CCc1ccc(C(C)O)cc1.NC=O. The van der Waals surface area contributed by atoms with Crippen molar-refractivity contribution in [3.63, 3.8) is 0 Å². The second-order valence-electron chi connectivity index (χ2n) is 8.00. The van der Waals surface area contributed by atoms with Crippen LogP contribution >= 0.6 is 0 Å². The number of primary amides is 2. The second kappa shape index (κ2) is 16.8. The smallest absolute Gasteiger partial charge is 0.267 e. The van der Waals surface area contributed by atoms with Crippen LogP contribution in [0.25, 0.3) is 16.5 Å². The molecule has 0 aliphatic heterocycles. The van der Waals surface area contributed by atoms with Crippen LogP contribution in [0.5, 0.6) is 0 Å². The van der Waals surface area contributed by atoms with Gasteiger partial charge in [0.1, 0.15) is 5.69 Å². The van der Waals surface area contributed by atoms with Crippen molar-refractivity contribution in [1.29, 1.82) is 0 Å². The Morgan fingerprint density at radius 2 is 1.61 bits per heavy atom. The van der Waals surface area contributed by atoms with E-state index in [1.54, 1.807) is 13.0 Å². The van der Waals surface area contributed by atoms with E-state index in [1.807, 2.05) is 71.0 Å². The maximum atomic E-state index is 11.5. The van der Waals surface area contributed by atoms with Crippen LogP contribution in [-0.2, 0) is 11.2 Å². The van der Waals surface area contributed by atoms with Crippen LogP contribution in [0.2, 0.25) is 0 Å². The number of aliphatic hydroxyl groups excluding tert-OH is 1. The summed E-state index contributed by atoms with van der Waals surface area (Å²) in [6.45, 7) is 18.0. The number of carbonyl (C=O) groups is 2.